The van der Waals surface area contributed by atoms with E-state index in [0.717, 1.165) is 25.0 Å². The lowest BCUT2D eigenvalue weighted by molar-refractivity contribution is -0.0105. The second kappa shape index (κ2) is 3.42. The molecule has 1 fully saturated rings. The first-order chi connectivity index (χ1) is 6.72. The van der Waals surface area contributed by atoms with Crippen molar-refractivity contribution in [3.8, 4) is 5.75 Å². The summed E-state index contributed by atoms with van der Waals surface area (Å²) in [6, 6.07) is 7.14. The van der Waals surface area contributed by atoms with Crippen molar-refractivity contribution in [1.82, 2.24) is 5.32 Å². The van der Waals surface area contributed by atoms with E-state index in [4.69, 9.17) is 4.74 Å². The summed E-state index contributed by atoms with van der Waals surface area (Å²) in [4.78, 5) is 10.4. The molecule has 3 heteroatoms. The lowest BCUT2D eigenvalue weighted by Gasteiger charge is -2.39. The van der Waals surface area contributed by atoms with Gasteiger partial charge in [0.05, 0.1) is 0 Å². The minimum absolute atomic E-state index is 0.220. The van der Waals surface area contributed by atoms with Crippen LogP contribution in [0, 0.1) is 0 Å². The van der Waals surface area contributed by atoms with E-state index in [9.17, 15) is 4.79 Å². The van der Waals surface area contributed by atoms with Gasteiger partial charge in [0, 0.05) is 18.5 Å². The summed E-state index contributed by atoms with van der Waals surface area (Å²) >= 11 is 0. The van der Waals surface area contributed by atoms with E-state index in [2.05, 4.69) is 5.32 Å². The zero-order valence-corrected chi connectivity index (χ0v) is 8.12. The van der Waals surface area contributed by atoms with E-state index in [1.807, 2.05) is 19.1 Å². The van der Waals surface area contributed by atoms with Crippen molar-refractivity contribution >= 4 is 6.29 Å². The standard InChI is InChI=1S/C11H13NO2/c1-11(6-7-12-11)14-10-4-2-9(8-13)3-5-10/h2-5,8,12H,6-7H2,1H3/t11-/m0/s1. The molecule has 0 saturated carbocycles. The Labute approximate surface area is 83.1 Å². The quantitative estimate of drug-likeness (QED) is 0.737. The van der Waals surface area contributed by atoms with Crippen molar-refractivity contribution in [2.45, 2.75) is 19.1 Å². The van der Waals surface area contributed by atoms with Crippen LogP contribution in [0.3, 0.4) is 0 Å². The predicted octanol–water partition coefficient (Wildman–Crippen LogP) is 1.59. The third-order valence-electron chi connectivity index (χ3n) is 2.46. The Morgan fingerprint density at radius 2 is 2.07 bits per heavy atom. The van der Waals surface area contributed by atoms with E-state index < -0.39 is 0 Å². The largest absolute Gasteiger partial charge is 0.473 e. The maximum absolute atomic E-state index is 10.4. The molecule has 0 aliphatic carbocycles. The van der Waals surface area contributed by atoms with Crippen LogP contribution in [0.2, 0.25) is 0 Å². The van der Waals surface area contributed by atoms with E-state index in [0.29, 0.717) is 5.56 Å². The molecular weight excluding hydrogens is 178 g/mol. The number of carbonyl (C=O) groups is 1. The second-order valence-electron chi connectivity index (χ2n) is 3.70. The van der Waals surface area contributed by atoms with Crippen LogP contribution >= 0.6 is 0 Å². The molecule has 74 valence electrons. The number of nitrogens with one attached hydrogen (secondary N) is 1. The maximum atomic E-state index is 10.4. The van der Waals surface area contributed by atoms with Gasteiger partial charge in [0.15, 0.2) is 5.72 Å². The number of hydrogen-bond acceptors (Lipinski definition) is 3. The van der Waals surface area contributed by atoms with Gasteiger partial charge in [-0.1, -0.05) is 0 Å². The lowest BCUT2D eigenvalue weighted by atomic mass is 10.1. The van der Waals surface area contributed by atoms with Gasteiger partial charge in [0.25, 0.3) is 0 Å². The topological polar surface area (TPSA) is 38.3 Å². The average molecular weight is 191 g/mol. The summed E-state index contributed by atoms with van der Waals surface area (Å²) in [5, 5.41) is 3.21. The van der Waals surface area contributed by atoms with Gasteiger partial charge in [-0.25, -0.2) is 0 Å². The van der Waals surface area contributed by atoms with Gasteiger partial charge in [-0.05, 0) is 31.2 Å². The monoisotopic (exact) mass is 191 g/mol. The first kappa shape index (κ1) is 9.21. The number of ether oxygens (including phenoxy) is 1. The molecule has 0 aromatic heterocycles. The fraction of sp³-hybridized carbons (Fsp3) is 0.364. The molecule has 1 aromatic rings. The molecule has 1 saturated heterocycles. The molecule has 1 N–H and O–H groups in total. The van der Waals surface area contributed by atoms with E-state index in [-0.39, 0.29) is 5.72 Å². The molecular formula is C11H13NO2. The molecule has 1 aliphatic heterocycles. The minimum atomic E-state index is -0.220. The minimum Gasteiger partial charge on any atom is -0.473 e. The van der Waals surface area contributed by atoms with Gasteiger partial charge < -0.3 is 4.74 Å². The summed E-state index contributed by atoms with van der Waals surface area (Å²) in [7, 11) is 0. The van der Waals surface area contributed by atoms with Crippen molar-refractivity contribution in [3.05, 3.63) is 29.8 Å². The normalized spacial score (nSPS) is 25.2. The van der Waals surface area contributed by atoms with E-state index in [1.165, 1.54) is 0 Å². The van der Waals surface area contributed by atoms with Crippen molar-refractivity contribution < 1.29 is 9.53 Å². The molecule has 0 amide bonds. The number of rotatable bonds is 3. The Kier molecular flexibility index (Phi) is 2.25. The van der Waals surface area contributed by atoms with Crippen molar-refractivity contribution in [3.63, 3.8) is 0 Å². The first-order valence-electron chi connectivity index (χ1n) is 4.71. The van der Waals surface area contributed by atoms with Gasteiger partial charge in [-0.15, -0.1) is 0 Å². The summed E-state index contributed by atoms with van der Waals surface area (Å²) in [6.07, 6.45) is 1.84. The molecule has 0 unspecified atom stereocenters. The molecule has 2 rings (SSSR count). The lowest BCUT2D eigenvalue weighted by Crippen LogP contribution is -2.58. The smallest absolute Gasteiger partial charge is 0.159 e. The van der Waals surface area contributed by atoms with Crippen molar-refractivity contribution in [1.29, 1.82) is 0 Å². The van der Waals surface area contributed by atoms with Crippen LogP contribution in [0.25, 0.3) is 0 Å². The van der Waals surface area contributed by atoms with Gasteiger partial charge in [0.1, 0.15) is 12.0 Å². The molecule has 0 bridgehead atoms. The molecule has 0 spiro atoms. The number of benzene rings is 1. The molecule has 1 aromatic carbocycles. The maximum Gasteiger partial charge on any atom is 0.159 e. The molecule has 0 radical (unpaired) electrons. The molecule has 3 nitrogen and oxygen atoms in total. The Balaban J connectivity index is 2.06. The number of aldehydes is 1. The summed E-state index contributed by atoms with van der Waals surface area (Å²) in [6.45, 7) is 3.02. The van der Waals surface area contributed by atoms with Crippen LogP contribution in [-0.2, 0) is 0 Å². The van der Waals surface area contributed by atoms with Crippen LogP contribution in [0.1, 0.15) is 23.7 Å². The number of hydrogen-bond donors (Lipinski definition) is 1. The first-order valence-corrected chi connectivity index (χ1v) is 4.71. The fourth-order valence-electron chi connectivity index (χ4n) is 1.44. The highest BCUT2D eigenvalue weighted by Gasteiger charge is 2.33. The van der Waals surface area contributed by atoms with Crippen molar-refractivity contribution in [2.24, 2.45) is 0 Å². The number of carbonyl (C=O) groups excluding carboxylic acids is 1. The van der Waals surface area contributed by atoms with Crippen LogP contribution in [0.5, 0.6) is 5.75 Å². The molecule has 1 heterocycles. The summed E-state index contributed by atoms with van der Waals surface area (Å²) in [5.41, 5.74) is 0.451. The Morgan fingerprint density at radius 3 is 2.50 bits per heavy atom. The Morgan fingerprint density at radius 1 is 1.43 bits per heavy atom. The Hall–Kier alpha value is -1.35. The second-order valence-corrected chi connectivity index (χ2v) is 3.70. The third kappa shape index (κ3) is 1.77. The van der Waals surface area contributed by atoms with Crippen LogP contribution in [0.15, 0.2) is 24.3 Å². The highest BCUT2D eigenvalue weighted by molar-refractivity contribution is 5.74. The Bertz CT molecular complexity index is 328. The zero-order chi connectivity index (χ0) is 10.0. The van der Waals surface area contributed by atoms with E-state index in [1.54, 1.807) is 12.1 Å². The molecule has 14 heavy (non-hydrogen) atoms. The van der Waals surface area contributed by atoms with Crippen molar-refractivity contribution in [2.75, 3.05) is 6.54 Å². The predicted molar refractivity (Wildman–Crippen MR) is 53.5 cm³/mol. The van der Waals surface area contributed by atoms with Gasteiger partial charge >= 0.3 is 0 Å². The zero-order valence-electron chi connectivity index (χ0n) is 8.12. The van der Waals surface area contributed by atoms with Crippen LogP contribution in [0.4, 0.5) is 0 Å². The fourth-order valence-corrected chi connectivity index (χ4v) is 1.44. The highest BCUT2D eigenvalue weighted by atomic mass is 16.5. The summed E-state index contributed by atoms with van der Waals surface area (Å²) < 4.78 is 5.71. The van der Waals surface area contributed by atoms with Crippen LogP contribution < -0.4 is 10.1 Å². The molecule has 1 atom stereocenters. The van der Waals surface area contributed by atoms with Gasteiger partial charge in [-0.3, -0.25) is 10.1 Å². The van der Waals surface area contributed by atoms with E-state index >= 15 is 0 Å². The van der Waals surface area contributed by atoms with Gasteiger partial charge in [-0.2, -0.15) is 0 Å². The SMILES string of the molecule is C[C@]1(Oc2ccc(C=O)cc2)CCN1. The average Bonchev–Trinajstić information content (AvgIpc) is 2.17. The summed E-state index contributed by atoms with van der Waals surface area (Å²) in [5.74, 6) is 0.797. The highest BCUT2D eigenvalue weighted by Crippen LogP contribution is 2.23. The molecule has 1 aliphatic rings. The van der Waals surface area contributed by atoms with Crippen LogP contribution in [-0.4, -0.2) is 18.6 Å². The third-order valence-corrected chi connectivity index (χ3v) is 2.46. The van der Waals surface area contributed by atoms with Gasteiger partial charge in [0.2, 0.25) is 0 Å².